The third-order valence-corrected chi connectivity index (χ3v) is 5.92. The van der Waals surface area contributed by atoms with Gasteiger partial charge in [0, 0.05) is 6.54 Å². The number of benzene rings is 2. The lowest BCUT2D eigenvalue weighted by atomic mass is 10.0. The SMILES string of the molecule is CC(C)c1ccc(CCN(C(=O)O)S(=O)(=O)c2cc(C#N)ccc2O)cc1. The molecule has 27 heavy (non-hydrogen) atoms. The average molecular weight is 388 g/mol. The van der Waals surface area contributed by atoms with Crippen molar-refractivity contribution in [2.45, 2.75) is 31.1 Å². The highest BCUT2D eigenvalue weighted by Crippen LogP contribution is 2.27. The van der Waals surface area contributed by atoms with E-state index in [1.54, 1.807) is 6.07 Å². The molecule has 0 spiro atoms. The number of nitrogens with zero attached hydrogens (tertiary/aromatic N) is 2. The zero-order valence-corrected chi connectivity index (χ0v) is 15.8. The maximum atomic E-state index is 12.7. The molecule has 0 saturated carbocycles. The van der Waals surface area contributed by atoms with Crippen LogP contribution < -0.4 is 0 Å². The van der Waals surface area contributed by atoms with Crippen LogP contribution in [0, 0.1) is 11.3 Å². The predicted molar refractivity (Wildman–Crippen MR) is 99.0 cm³/mol. The molecule has 2 aromatic rings. The second-order valence-electron chi connectivity index (χ2n) is 6.30. The van der Waals surface area contributed by atoms with Gasteiger partial charge in [-0.05, 0) is 41.7 Å². The molecular weight excluding hydrogens is 368 g/mol. The first-order chi connectivity index (χ1) is 12.7. The van der Waals surface area contributed by atoms with Crippen LogP contribution in [-0.2, 0) is 16.4 Å². The van der Waals surface area contributed by atoms with Crippen LogP contribution in [0.5, 0.6) is 5.75 Å². The molecule has 0 aliphatic rings. The number of aromatic hydroxyl groups is 1. The topological polar surface area (TPSA) is 119 Å². The van der Waals surface area contributed by atoms with Gasteiger partial charge in [-0.25, -0.2) is 17.5 Å². The van der Waals surface area contributed by atoms with Crippen LogP contribution in [0.2, 0.25) is 0 Å². The van der Waals surface area contributed by atoms with Crippen molar-refractivity contribution in [3.8, 4) is 11.8 Å². The van der Waals surface area contributed by atoms with Crippen LogP contribution in [0.4, 0.5) is 4.79 Å². The van der Waals surface area contributed by atoms with E-state index in [1.165, 1.54) is 6.07 Å². The minimum atomic E-state index is -4.52. The van der Waals surface area contributed by atoms with E-state index < -0.39 is 26.8 Å². The number of hydrogen-bond acceptors (Lipinski definition) is 5. The van der Waals surface area contributed by atoms with Gasteiger partial charge in [0.1, 0.15) is 10.6 Å². The molecule has 7 nitrogen and oxygen atoms in total. The normalized spacial score (nSPS) is 11.2. The molecule has 0 aliphatic carbocycles. The van der Waals surface area contributed by atoms with Crippen molar-refractivity contribution in [3.05, 3.63) is 59.2 Å². The molecule has 1 amide bonds. The van der Waals surface area contributed by atoms with Crippen molar-refractivity contribution < 1.29 is 23.4 Å². The average Bonchev–Trinajstić information content (AvgIpc) is 2.62. The lowest BCUT2D eigenvalue weighted by Gasteiger charge is -2.20. The van der Waals surface area contributed by atoms with E-state index in [9.17, 15) is 23.4 Å². The Bertz CT molecular complexity index is 976. The van der Waals surface area contributed by atoms with Crippen molar-refractivity contribution in [3.63, 3.8) is 0 Å². The Morgan fingerprint density at radius 3 is 2.33 bits per heavy atom. The second-order valence-corrected chi connectivity index (χ2v) is 8.13. The van der Waals surface area contributed by atoms with E-state index in [4.69, 9.17) is 5.26 Å². The molecule has 0 bridgehead atoms. The summed E-state index contributed by atoms with van der Waals surface area (Å²) in [6, 6.07) is 12.5. The fourth-order valence-electron chi connectivity index (χ4n) is 2.53. The Labute approximate surface area is 158 Å². The third-order valence-electron chi connectivity index (χ3n) is 4.12. The van der Waals surface area contributed by atoms with Gasteiger partial charge in [-0.2, -0.15) is 5.26 Å². The zero-order chi connectivity index (χ0) is 20.2. The highest BCUT2D eigenvalue weighted by molar-refractivity contribution is 7.89. The number of rotatable bonds is 6. The maximum Gasteiger partial charge on any atom is 0.421 e. The molecular formula is C19H20N2O5S. The molecule has 8 heteroatoms. The van der Waals surface area contributed by atoms with Crippen LogP contribution in [0.1, 0.15) is 36.5 Å². The number of sulfonamides is 1. The van der Waals surface area contributed by atoms with E-state index in [-0.39, 0.29) is 22.8 Å². The van der Waals surface area contributed by atoms with Crippen LogP contribution in [0.15, 0.2) is 47.4 Å². The maximum absolute atomic E-state index is 12.7. The highest BCUT2D eigenvalue weighted by atomic mass is 32.2. The standard InChI is InChI=1S/C19H20N2O5S/c1-13(2)16-6-3-14(4-7-16)9-10-21(19(23)24)27(25,26)18-11-15(12-20)5-8-17(18)22/h3-8,11,13,22H,9-10H2,1-2H3,(H,23,24). The highest BCUT2D eigenvalue weighted by Gasteiger charge is 2.31. The summed E-state index contributed by atoms with van der Waals surface area (Å²) in [4.78, 5) is 10.9. The summed E-state index contributed by atoms with van der Waals surface area (Å²) in [5, 5.41) is 28.2. The molecule has 0 heterocycles. The monoisotopic (exact) mass is 388 g/mol. The molecule has 0 aromatic heterocycles. The van der Waals surface area contributed by atoms with Gasteiger partial charge in [0.05, 0.1) is 11.6 Å². The molecule has 2 N–H and O–H groups in total. The second kappa shape index (κ2) is 8.10. The number of carboxylic acid groups (broad SMARTS) is 1. The first kappa shape index (κ1) is 20.3. The smallest absolute Gasteiger partial charge is 0.421 e. The number of phenols is 1. The van der Waals surface area contributed by atoms with Gasteiger partial charge in [0.15, 0.2) is 0 Å². The van der Waals surface area contributed by atoms with Crippen molar-refractivity contribution >= 4 is 16.1 Å². The number of hydrogen-bond donors (Lipinski definition) is 2. The summed E-state index contributed by atoms with van der Waals surface area (Å²) in [5.74, 6) is -0.258. The lowest BCUT2D eigenvalue weighted by molar-refractivity contribution is 0.172. The number of nitriles is 1. The summed E-state index contributed by atoms with van der Waals surface area (Å²) in [7, 11) is -4.52. The third kappa shape index (κ3) is 4.57. The Hall–Kier alpha value is -3.05. The van der Waals surface area contributed by atoms with Gasteiger partial charge in [-0.15, -0.1) is 0 Å². The molecule has 0 unspecified atom stereocenters. The van der Waals surface area contributed by atoms with E-state index in [0.717, 1.165) is 23.3 Å². The van der Waals surface area contributed by atoms with Gasteiger partial charge in [0.25, 0.3) is 10.0 Å². The Kier molecular flexibility index (Phi) is 6.08. The molecule has 142 valence electrons. The van der Waals surface area contributed by atoms with Crippen molar-refractivity contribution in [1.82, 2.24) is 4.31 Å². The van der Waals surface area contributed by atoms with Gasteiger partial charge >= 0.3 is 6.09 Å². The van der Waals surface area contributed by atoms with Crippen molar-refractivity contribution in [1.29, 1.82) is 5.26 Å². The Morgan fingerprint density at radius 1 is 1.19 bits per heavy atom. The summed E-state index contributed by atoms with van der Waals surface area (Å²) < 4.78 is 25.7. The van der Waals surface area contributed by atoms with Gasteiger partial charge in [-0.3, -0.25) is 0 Å². The molecule has 0 atom stereocenters. The van der Waals surface area contributed by atoms with Gasteiger partial charge < -0.3 is 10.2 Å². The van der Waals surface area contributed by atoms with Crippen LogP contribution in [0.3, 0.4) is 0 Å². The Morgan fingerprint density at radius 2 is 1.81 bits per heavy atom. The van der Waals surface area contributed by atoms with Gasteiger partial charge in [-0.1, -0.05) is 38.1 Å². The molecule has 0 fully saturated rings. The lowest BCUT2D eigenvalue weighted by Crippen LogP contribution is -2.37. The summed E-state index contributed by atoms with van der Waals surface area (Å²) in [6.07, 6.45) is -1.47. The minimum Gasteiger partial charge on any atom is -0.507 e. The summed E-state index contributed by atoms with van der Waals surface area (Å²) in [6.45, 7) is 3.79. The molecule has 0 saturated heterocycles. The van der Waals surface area contributed by atoms with E-state index in [0.29, 0.717) is 5.92 Å². The fraction of sp³-hybridized carbons (Fsp3) is 0.263. The van der Waals surface area contributed by atoms with Crippen molar-refractivity contribution in [2.75, 3.05) is 6.54 Å². The molecule has 0 aliphatic heterocycles. The van der Waals surface area contributed by atoms with Crippen LogP contribution in [0.25, 0.3) is 0 Å². The minimum absolute atomic E-state index is 0.000915. The quantitative estimate of drug-likeness (QED) is 0.784. The largest absolute Gasteiger partial charge is 0.507 e. The van der Waals surface area contributed by atoms with Crippen LogP contribution in [-0.4, -0.2) is 35.6 Å². The fourth-order valence-corrected chi connectivity index (χ4v) is 3.91. The molecule has 0 radical (unpaired) electrons. The van der Waals surface area contributed by atoms with Gasteiger partial charge in [0.2, 0.25) is 0 Å². The molecule has 2 rings (SSSR count). The first-order valence-electron chi connectivity index (χ1n) is 8.24. The predicted octanol–water partition coefficient (Wildman–Crippen LogP) is 3.30. The van der Waals surface area contributed by atoms with E-state index in [1.807, 2.05) is 24.3 Å². The number of phenolic OH excluding ortho intramolecular Hbond substituents is 1. The zero-order valence-electron chi connectivity index (χ0n) is 15.0. The number of carbonyl (C=O) groups is 1. The van der Waals surface area contributed by atoms with Crippen molar-refractivity contribution in [2.24, 2.45) is 0 Å². The van der Waals surface area contributed by atoms with E-state index in [2.05, 4.69) is 13.8 Å². The Balaban J connectivity index is 2.29. The van der Waals surface area contributed by atoms with E-state index >= 15 is 0 Å². The van der Waals surface area contributed by atoms with Crippen LogP contribution >= 0.6 is 0 Å². The molecule has 2 aromatic carbocycles. The first-order valence-corrected chi connectivity index (χ1v) is 9.68. The summed E-state index contributed by atoms with van der Waals surface area (Å²) in [5.41, 5.74) is 1.91. The summed E-state index contributed by atoms with van der Waals surface area (Å²) >= 11 is 0. The number of amides is 1.